The average molecular weight is 672 g/mol. The van der Waals surface area contributed by atoms with Crippen molar-refractivity contribution in [2.45, 2.75) is 64.7 Å². The van der Waals surface area contributed by atoms with Crippen LogP contribution in [-0.4, -0.2) is 0 Å². The fourth-order valence-electron chi connectivity index (χ4n) is 9.98. The molecular formula is C50H41NO. The molecule has 4 aliphatic rings. The molecule has 0 saturated heterocycles. The van der Waals surface area contributed by atoms with Gasteiger partial charge in [0.15, 0.2) is 0 Å². The number of hydrogen-bond acceptors (Lipinski definition) is 2. The maximum absolute atomic E-state index is 6.66. The number of benzene rings is 6. The van der Waals surface area contributed by atoms with Gasteiger partial charge >= 0.3 is 0 Å². The fourth-order valence-corrected chi connectivity index (χ4v) is 9.98. The van der Waals surface area contributed by atoms with Crippen LogP contribution in [0.3, 0.4) is 0 Å². The van der Waals surface area contributed by atoms with Crippen molar-refractivity contribution in [2.75, 3.05) is 4.90 Å². The van der Waals surface area contributed by atoms with Gasteiger partial charge in [-0.05, 0) is 111 Å². The van der Waals surface area contributed by atoms with E-state index >= 15 is 0 Å². The van der Waals surface area contributed by atoms with Gasteiger partial charge < -0.3 is 9.32 Å². The van der Waals surface area contributed by atoms with Crippen LogP contribution in [0.25, 0.3) is 55.6 Å². The second-order valence-electron chi connectivity index (χ2n) is 16.6. The Bertz CT molecular complexity index is 2800. The molecule has 0 radical (unpaired) electrons. The van der Waals surface area contributed by atoms with Crippen LogP contribution < -0.4 is 4.90 Å². The summed E-state index contributed by atoms with van der Waals surface area (Å²) < 4.78 is 6.66. The lowest BCUT2D eigenvalue weighted by Crippen LogP contribution is -2.18. The largest absolute Gasteiger partial charge is 0.455 e. The average Bonchev–Trinajstić information content (AvgIpc) is 3.62. The zero-order valence-corrected chi connectivity index (χ0v) is 30.7. The number of nitrogens with zero attached hydrogens (tertiary/aromatic N) is 1. The van der Waals surface area contributed by atoms with Crippen LogP contribution in [0.15, 0.2) is 125 Å². The van der Waals surface area contributed by atoms with E-state index < -0.39 is 0 Å². The first kappa shape index (κ1) is 30.1. The molecule has 1 aromatic heterocycles. The molecule has 0 bridgehead atoms. The van der Waals surface area contributed by atoms with Crippen LogP contribution in [0.2, 0.25) is 0 Å². The maximum atomic E-state index is 6.66. The number of rotatable bonds is 4. The second-order valence-corrected chi connectivity index (χ2v) is 16.6. The Kier molecular flexibility index (Phi) is 5.81. The Morgan fingerprint density at radius 1 is 0.654 bits per heavy atom. The number of fused-ring (bicyclic) bond motifs is 8. The lowest BCUT2D eigenvalue weighted by atomic mass is 9.81. The monoisotopic (exact) mass is 671 g/mol. The SMILES string of the molecule is CC1=C(c2oc3cccc4c3c2-4)c2cc(N(c3ccc4c(c3)C(C)(C)c3ccccc3-4)c3cc4c(c5ccccc35)C=CC[C@H]4C)ccc2C1(C)C. The summed E-state index contributed by atoms with van der Waals surface area (Å²) in [6.07, 6.45) is 5.74. The Hall–Kier alpha value is -5.60. The summed E-state index contributed by atoms with van der Waals surface area (Å²) in [5, 5.41) is 3.87. The molecule has 11 rings (SSSR count). The van der Waals surface area contributed by atoms with E-state index in [4.69, 9.17) is 4.42 Å². The summed E-state index contributed by atoms with van der Waals surface area (Å²) in [7, 11) is 0. The predicted molar refractivity (Wildman–Crippen MR) is 218 cm³/mol. The van der Waals surface area contributed by atoms with Crippen molar-refractivity contribution in [1.29, 1.82) is 0 Å². The van der Waals surface area contributed by atoms with Crippen LogP contribution in [0.5, 0.6) is 0 Å². The smallest absolute Gasteiger partial charge is 0.143 e. The standard InChI is InChI=1S/C50H41NO/c1-28-13-11-17-33-32-14-7-8-16-36(32)43(27-38(28)33)51(31-21-23-35-34-15-9-10-19-40(34)50(5,6)42(35)26-31)30-22-24-41-39(25-30)45(29(2)49(41,3)4)48-47-37-18-12-20-44(52-48)46(37)47/h7-12,14-28H,13H2,1-6H3/t28-/m1/s1. The van der Waals surface area contributed by atoms with Crippen LogP contribution in [0.1, 0.15) is 93.0 Å². The van der Waals surface area contributed by atoms with Crippen molar-refractivity contribution < 1.29 is 4.42 Å². The van der Waals surface area contributed by atoms with Crippen molar-refractivity contribution in [2.24, 2.45) is 0 Å². The quantitative estimate of drug-likeness (QED) is 0.185. The van der Waals surface area contributed by atoms with Gasteiger partial charge in [0.25, 0.3) is 0 Å². The molecule has 7 aromatic rings. The van der Waals surface area contributed by atoms with E-state index in [0.717, 1.165) is 23.5 Å². The van der Waals surface area contributed by atoms with E-state index in [2.05, 4.69) is 168 Å². The summed E-state index contributed by atoms with van der Waals surface area (Å²) in [6, 6.07) is 41.3. The van der Waals surface area contributed by atoms with Gasteiger partial charge in [0.05, 0.1) is 5.69 Å². The van der Waals surface area contributed by atoms with Crippen molar-refractivity contribution in [1.82, 2.24) is 0 Å². The highest BCUT2D eigenvalue weighted by atomic mass is 16.3. The molecular weight excluding hydrogens is 631 g/mol. The van der Waals surface area contributed by atoms with E-state index in [1.165, 1.54) is 94.3 Å². The Balaban J connectivity index is 1.17. The predicted octanol–water partition coefficient (Wildman–Crippen LogP) is 14.0. The molecule has 0 aliphatic heterocycles. The Morgan fingerprint density at radius 2 is 1.37 bits per heavy atom. The first-order valence-corrected chi connectivity index (χ1v) is 18.8. The summed E-state index contributed by atoms with van der Waals surface area (Å²) in [6.45, 7) is 14.2. The molecule has 0 fully saturated rings. The summed E-state index contributed by atoms with van der Waals surface area (Å²) in [5.74, 6) is 1.47. The molecule has 0 amide bonds. The molecule has 1 heterocycles. The third-order valence-corrected chi connectivity index (χ3v) is 13.1. The summed E-state index contributed by atoms with van der Waals surface area (Å²) in [4.78, 5) is 2.54. The molecule has 0 unspecified atom stereocenters. The van der Waals surface area contributed by atoms with E-state index in [0.29, 0.717) is 5.92 Å². The topological polar surface area (TPSA) is 16.4 Å². The van der Waals surface area contributed by atoms with Crippen LogP contribution in [0, 0.1) is 0 Å². The zero-order chi connectivity index (χ0) is 35.3. The molecule has 2 nitrogen and oxygen atoms in total. The molecule has 2 heteroatoms. The highest BCUT2D eigenvalue weighted by Gasteiger charge is 2.42. The van der Waals surface area contributed by atoms with Crippen molar-refractivity contribution in [3.05, 3.63) is 160 Å². The third kappa shape index (κ3) is 3.80. The van der Waals surface area contributed by atoms with E-state index in [1.807, 2.05) is 0 Å². The molecule has 4 aliphatic carbocycles. The minimum atomic E-state index is -0.115. The number of allylic oxidation sites excluding steroid dienone is 2. The molecule has 52 heavy (non-hydrogen) atoms. The minimum absolute atomic E-state index is 0.106. The highest BCUT2D eigenvalue weighted by Crippen LogP contribution is 2.59. The van der Waals surface area contributed by atoms with E-state index in [1.54, 1.807) is 0 Å². The summed E-state index contributed by atoms with van der Waals surface area (Å²) >= 11 is 0. The summed E-state index contributed by atoms with van der Waals surface area (Å²) in [5.41, 5.74) is 20.5. The molecule has 1 atom stereocenters. The first-order chi connectivity index (χ1) is 25.1. The van der Waals surface area contributed by atoms with Crippen LogP contribution in [0.4, 0.5) is 17.1 Å². The molecule has 252 valence electrons. The normalized spacial score (nSPS) is 18.1. The number of anilines is 3. The number of furan rings is 1. The van der Waals surface area contributed by atoms with E-state index in [9.17, 15) is 0 Å². The lowest BCUT2D eigenvalue weighted by Gasteiger charge is -2.32. The van der Waals surface area contributed by atoms with Gasteiger partial charge in [-0.15, -0.1) is 0 Å². The molecule has 0 spiro atoms. The Morgan fingerprint density at radius 3 is 2.19 bits per heavy atom. The number of hydrogen-bond donors (Lipinski definition) is 0. The first-order valence-electron chi connectivity index (χ1n) is 18.8. The maximum Gasteiger partial charge on any atom is 0.143 e. The van der Waals surface area contributed by atoms with E-state index in [-0.39, 0.29) is 10.8 Å². The molecule has 6 aromatic carbocycles. The fraction of sp³-hybridized carbons (Fsp3) is 0.200. The van der Waals surface area contributed by atoms with Gasteiger partial charge in [0.2, 0.25) is 0 Å². The van der Waals surface area contributed by atoms with Crippen molar-refractivity contribution >= 4 is 50.5 Å². The van der Waals surface area contributed by atoms with Crippen molar-refractivity contribution in [3.8, 4) is 22.3 Å². The van der Waals surface area contributed by atoms with Gasteiger partial charge in [-0.25, -0.2) is 0 Å². The third-order valence-electron chi connectivity index (χ3n) is 13.1. The van der Waals surface area contributed by atoms with Crippen molar-refractivity contribution in [3.63, 3.8) is 0 Å². The van der Waals surface area contributed by atoms with Gasteiger partial charge in [0.1, 0.15) is 11.3 Å². The zero-order valence-electron chi connectivity index (χ0n) is 30.7. The lowest BCUT2D eigenvalue weighted by molar-refractivity contribution is 0.597. The van der Waals surface area contributed by atoms with Gasteiger partial charge in [-0.2, -0.15) is 0 Å². The van der Waals surface area contributed by atoms with Gasteiger partial charge in [0, 0.05) is 44.1 Å². The second kappa shape index (κ2) is 10.0. The Labute approximate surface area is 305 Å². The van der Waals surface area contributed by atoms with Crippen LogP contribution >= 0.6 is 0 Å². The van der Waals surface area contributed by atoms with Gasteiger partial charge in [-0.1, -0.05) is 125 Å². The molecule has 0 saturated carbocycles. The van der Waals surface area contributed by atoms with Crippen LogP contribution in [-0.2, 0) is 10.8 Å². The highest BCUT2D eigenvalue weighted by molar-refractivity contribution is 6.23. The molecule has 0 N–H and O–H groups in total. The van der Waals surface area contributed by atoms with Gasteiger partial charge in [-0.3, -0.25) is 0 Å². The minimum Gasteiger partial charge on any atom is -0.455 e.